The third kappa shape index (κ3) is 4.42. The molecule has 1 fully saturated rings. The number of carboxylic acid groups (broad SMARTS) is 1. The normalized spacial score (nSPS) is 18.8. The minimum Gasteiger partial charge on any atom is -0.481 e. The number of carboxylic acids is 1. The van der Waals surface area contributed by atoms with Crippen molar-refractivity contribution >= 4 is 18.0 Å². The number of hydrogen-bond acceptors (Lipinski definition) is 4. The van der Waals surface area contributed by atoms with Crippen LogP contribution in [0.4, 0.5) is 4.79 Å². The van der Waals surface area contributed by atoms with Crippen molar-refractivity contribution in [3.8, 4) is 0 Å². The molecule has 0 aliphatic carbocycles. The molecule has 108 valence electrons. The molecule has 7 heteroatoms. The number of nitrogens with zero attached hydrogens (tertiary/aromatic N) is 2. The molecular formula is C12H20N2O5. The molecule has 0 bridgehead atoms. The second-order valence-corrected chi connectivity index (χ2v) is 4.57. The Hall–Kier alpha value is -1.79. The maximum atomic E-state index is 12.1. The Bertz CT molecular complexity index is 358. The molecular weight excluding hydrogens is 252 g/mol. The van der Waals surface area contributed by atoms with Gasteiger partial charge in [-0.15, -0.1) is 0 Å². The van der Waals surface area contributed by atoms with Crippen molar-refractivity contribution in [1.29, 1.82) is 0 Å². The quantitative estimate of drug-likeness (QED) is 0.748. The van der Waals surface area contributed by atoms with E-state index in [2.05, 4.69) is 0 Å². The summed E-state index contributed by atoms with van der Waals surface area (Å²) in [6, 6.07) is -0.334. The standard InChI is InChI=1S/C12H20N2O5/c1-3-19-10(15)8-13(2)12(18)14-6-4-5-9(7-14)11(16)17/h9H,3-8H2,1-2H3,(H,16,17). The molecule has 1 N–H and O–H groups in total. The summed E-state index contributed by atoms with van der Waals surface area (Å²) in [5.41, 5.74) is 0. The van der Waals surface area contributed by atoms with Gasteiger partial charge in [0.1, 0.15) is 6.54 Å². The minimum absolute atomic E-state index is 0.124. The van der Waals surface area contributed by atoms with E-state index in [1.54, 1.807) is 6.92 Å². The number of hydrogen-bond donors (Lipinski definition) is 1. The monoisotopic (exact) mass is 272 g/mol. The van der Waals surface area contributed by atoms with Crippen LogP contribution in [0.5, 0.6) is 0 Å². The summed E-state index contributed by atoms with van der Waals surface area (Å²) in [4.78, 5) is 37.0. The molecule has 7 nitrogen and oxygen atoms in total. The number of likely N-dealkylation sites (N-methyl/N-ethyl adjacent to an activating group) is 1. The predicted molar refractivity (Wildman–Crippen MR) is 66.6 cm³/mol. The zero-order chi connectivity index (χ0) is 14.4. The van der Waals surface area contributed by atoms with Gasteiger partial charge in [0.05, 0.1) is 12.5 Å². The van der Waals surface area contributed by atoms with Crippen LogP contribution >= 0.6 is 0 Å². The summed E-state index contributed by atoms with van der Waals surface area (Å²) in [6.07, 6.45) is 1.25. The van der Waals surface area contributed by atoms with Crippen molar-refractivity contribution in [1.82, 2.24) is 9.80 Å². The first-order valence-corrected chi connectivity index (χ1v) is 6.34. The van der Waals surface area contributed by atoms with E-state index in [0.717, 1.165) is 0 Å². The number of aliphatic carboxylic acids is 1. The van der Waals surface area contributed by atoms with Crippen LogP contribution in [-0.4, -0.2) is 66.2 Å². The van der Waals surface area contributed by atoms with Crippen molar-refractivity contribution in [2.24, 2.45) is 5.92 Å². The molecule has 0 saturated carbocycles. The Morgan fingerprint density at radius 1 is 1.42 bits per heavy atom. The summed E-state index contributed by atoms with van der Waals surface area (Å²) in [7, 11) is 1.50. The first kappa shape index (κ1) is 15.3. The highest BCUT2D eigenvalue weighted by atomic mass is 16.5. The van der Waals surface area contributed by atoms with Crippen LogP contribution in [0.1, 0.15) is 19.8 Å². The first-order valence-electron chi connectivity index (χ1n) is 6.34. The van der Waals surface area contributed by atoms with Gasteiger partial charge in [-0.25, -0.2) is 4.79 Å². The number of likely N-dealkylation sites (tertiary alicyclic amines) is 1. The molecule has 1 atom stereocenters. The summed E-state index contributed by atoms with van der Waals surface area (Å²) in [5.74, 6) is -1.87. The van der Waals surface area contributed by atoms with Gasteiger partial charge < -0.3 is 19.6 Å². The fraction of sp³-hybridized carbons (Fsp3) is 0.750. The van der Waals surface area contributed by atoms with E-state index in [-0.39, 0.29) is 25.7 Å². The number of rotatable bonds is 4. The molecule has 0 radical (unpaired) electrons. The minimum atomic E-state index is -0.884. The molecule has 1 saturated heterocycles. The van der Waals surface area contributed by atoms with E-state index >= 15 is 0 Å². The van der Waals surface area contributed by atoms with Crippen LogP contribution in [0.15, 0.2) is 0 Å². The van der Waals surface area contributed by atoms with Gasteiger partial charge in [-0.3, -0.25) is 9.59 Å². The van der Waals surface area contributed by atoms with Gasteiger partial charge in [-0.2, -0.15) is 0 Å². The van der Waals surface area contributed by atoms with Crippen molar-refractivity contribution in [2.75, 3.05) is 33.3 Å². The van der Waals surface area contributed by atoms with E-state index < -0.39 is 17.9 Å². The molecule has 1 aliphatic heterocycles. The van der Waals surface area contributed by atoms with E-state index in [0.29, 0.717) is 19.4 Å². The lowest BCUT2D eigenvalue weighted by Crippen LogP contribution is -2.48. The second-order valence-electron chi connectivity index (χ2n) is 4.57. The van der Waals surface area contributed by atoms with Gasteiger partial charge in [-0.05, 0) is 19.8 Å². The van der Waals surface area contributed by atoms with Crippen molar-refractivity contribution in [2.45, 2.75) is 19.8 Å². The smallest absolute Gasteiger partial charge is 0.325 e. The molecule has 1 heterocycles. The van der Waals surface area contributed by atoms with E-state index in [9.17, 15) is 14.4 Å². The van der Waals surface area contributed by atoms with Gasteiger partial charge in [0.2, 0.25) is 0 Å². The fourth-order valence-corrected chi connectivity index (χ4v) is 2.06. The zero-order valence-electron chi connectivity index (χ0n) is 11.3. The average Bonchev–Trinajstić information content (AvgIpc) is 2.38. The number of esters is 1. The summed E-state index contributed by atoms with van der Waals surface area (Å²) in [5, 5.41) is 8.97. The lowest BCUT2D eigenvalue weighted by molar-refractivity contribution is -0.145. The van der Waals surface area contributed by atoms with Crippen LogP contribution in [0.3, 0.4) is 0 Å². The van der Waals surface area contributed by atoms with Gasteiger partial charge in [0.15, 0.2) is 0 Å². The number of urea groups is 1. The Balaban J connectivity index is 2.51. The Morgan fingerprint density at radius 3 is 2.68 bits per heavy atom. The number of piperidine rings is 1. The zero-order valence-corrected chi connectivity index (χ0v) is 11.3. The van der Waals surface area contributed by atoms with E-state index in [1.807, 2.05) is 0 Å². The maximum absolute atomic E-state index is 12.1. The van der Waals surface area contributed by atoms with Crippen molar-refractivity contribution in [3.05, 3.63) is 0 Å². The number of ether oxygens (including phenoxy) is 1. The molecule has 1 unspecified atom stereocenters. The van der Waals surface area contributed by atoms with Gasteiger partial charge in [0, 0.05) is 20.1 Å². The van der Waals surface area contributed by atoms with Gasteiger partial charge in [-0.1, -0.05) is 0 Å². The second kappa shape index (κ2) is 6.96. The van der Waals surface area contributed by atoms with Crippen LogP contribution < -0.4 is 0 Å². The Kier molecular flexibility index (Phi) is 5.59. The molecule has 0 aromatic rings. The van der Waals surface area contributed by atoms with Crippen LogP contribution in [0.2, 0.25) is 0 Å². The third-order valence-electron chi connectivity index (χ3n) is 3.04. The predicted octanol–water partition coefficient (Wildman–Crippen LogP) is 0.398. The molecule has 0 spiro atoms. The van der Waals surface area contributed by atoms with Gasteiger partial charge in [0.25, 0.3) is 0 Å². The SMILES string of the molecule is CCOC(=O)CN(C)C(=O)N1CCCC(C(=O)O)C1. The summed E-state index contributed by atoms with van der Waals surface area (Å²) >= 11 is 0. The van der Waals surface area contributed by atoms with Crippen LogP contribution in [0.25, 0.3) is 0 Å². The van der Waals surface area contributed by atoms with E-state index in [1.165, 1.54) is 16.8 Å². The summed E-state index contributed by atoms with van der Waals surface area (Å²) < 4.78 is 4.76. The topological polar surface area (TPSA) is 87.2 Å². The molecule has 2 amide bonds. The van der Waals surface area contributed by atoms with Crippen LogP contribution in [0, 0.1) is 5.92 Å². The fourth-order valence-electron chi connectivity index (χ4n) is 2.06. The lowest BCUT2D eigenvalue weighted by atomic mass is 9.99. The van der Waals surface area contributed by atoms with Gasteiger partial charge >= 0.3 is 18.0 Å². The Morgan fingerprint density at radius 2 is 2.11 bits per heavy atom. The van der Waals surface area contributed by atoms with Crippen molar-refractivity contribution < 1.29 is 24.2 Å². The third-order valence-corrected chi connectivity index (χ3v) is 3.04. The largest absolute Gasteiger partial charge is 0.481 e. The van der Waals surface area contributed by atoms with Crippen molar-refractivity contribution in [3.63, 3.8) is 0 Å². The van der Waals surface area contributed by atoms with E-state index in [4.69, 9.17) is 9.84 Å². The highest BCUT2D eigenvalue weighted by Gasteiger charge is 2.30. The summed E-state index contributed by atoms with van der Waals surface area (Å²) in [6.45, 7) is 2.56. The molecule has 1 rings (SSSR count). The highest BCUT2D eigenvalue weighted by Crippen LogP contribution is 2.17. The molecule has 19 heavy (non-hydrogen) atoms. The van der Waals surface area contributed by atoms with Crippen LogP contribution in [-0.2, 0) is 14.3 Å². The number of carbonyl (C=O) groups excluding carboxylic acids is 2. The lowest BCUT2D eigenvalue weighted by Gasteiger charge is -2.33. The highest BCUT2D eigenvalue weighted by molar-refractivity contribution is 5.81. The number of carbonyl (C=O) groups is 3. The first-order chi connectivity index (χ1) is 8.95. The molecule has 1 aliphatic rings. The molecule has 0 aromatic heterocycles. The Labute approximate surface area is 112 Å². The maximum Gasteiger partial charge on any atom is 0.325 e. The number of amides is 2. The average molecular weight is 272 g/mol. The molecule has 0 aromatic carbocycles.